The van der Waals surface area contributed by atoms with Crippen molar-refractivity contribution in [1.82, 2.24) is 5.32 Å². The first-order valence-electron chi connectivity index (χ1n) is 7.76. The van der Waals surface area contributed by atoms with Crippen molar-refractivity contribution in [3.05, 3.63) is 74.2 Å². The molecule has 0 saturated heterocycles. The van der Waals surface area contributed by atoms with Gasteiger partial charge in [0.1, 0.15) is 0 Å². The minimum atomic E-state index is -0.367. The quantitative estimate of drug-likeness (QED) is 0.418. The molecule has 23 heavy (non-hydrogen) atoms. The highest BCUT2D eigenvalue weighted by molar-refractivity contribution is 9.10. The van der Waals surface area contributed by atoms with Crippen LogP contribution in [-0.2, 0) is 12.8 Å². The Bertz CT molecular complexity index is 626. The zero-order chi connectivity index (χ0) is 16.7. The van der Waals surface area contributed by atoms with Crippen LogP contribution in [0, 0.1) is 10.1 Å². The number of aryl methyl sites for hydroxylation is 1. The van der Waals surface area contributed by atoms with Crippen molar-refractivity contribution in [3.63, 3.8) is 0 Å². The summed E-state index contributed by atoms with van der Waals surface area (Å²) in [6, 6.07) is 15.6. The number of nitrogens with zero attached hydrogens (tertiary/aromatic N) is 1. The number of hydrogen-bond donors (Lipinski definition) is 1. The van der Waals surface area contributed by atoms with Gasteiger partial charge in [0, 0.05) is 22.6 Å². The smallest absolute Gasteiger partial charge is 0.269 e. The molecule has 0 radical (unpaired) electrons. The van der Waals surface area contributed by atoms with Gasteiger partial charge in [-0.2, -0.15) is 0 Å². The number of nitro groups is 1. The fraction of sp³-hybridized carbons (Fsp3) is 0.333. The zero-order valence-corrected chi connectivity index (χ0v) is 14.8. The standard InChI is InChI=1S/C18H21BrN2O2/c1-14(13-16-6-10-18(11-7-16)21(22)23)20-12-2-3-15-4-8-17(19)9-5-15/h4-11,14,20H,2-3,12-13H2,1H3. The molecule has 2 aromatic carbocycles. The van der Waals surface area contributed by atoms with Crippen LogP contribution in [0.25, 0.3) is 0 Å². The first kappa shape index (κ1) is 17.6. The summed E-state index contributed by atoms with van der Waals surface area (Å²) in [5, 5.41) is 14.1. The third-order valence-electron chi connectivity index (χ3n) is 3.74. The predicted molar refractivity (Wildman–Crippen MR) is 96.7 cm³/mol. The first-order valence-corrected chi connectivity index (χ1v) is 8.55. The van der Waals surface area contributed by atoms with Crippen LogP contribution in [0.5, 0.6) is 0 Å². The third-order valence-corrected chi connectivity index (χ3v) is 4.27. The van der Waals surface area contributed by atoms with Gasteiger partial charge >= 0.3 is 0 Å². The maximum Gasteiger partial charge on any atom is 0.269 e. The average Bonchev–Trinajstić information content (AvgIpc) is 2.54. The maximum atomic E-state index is 10.6. The summed E-state index contributed by atoms with van der Waals surface area (Å²) in [5.41, 5.74) is 2.60. The van der Waals surface area contributed by atoms with E-state index in [-0.39, 0.29) is 10.6 Å². The summed E-state index contributed by atoms with van der Waals surface area (Å²) in [6.07, 6.45) is 3.02. The lowest BCUT2D eigenvalue weighted by atomic mass is 10.1. The Kier molecular flexibility index (Phi) is 6.74. The molecule has 0 fully saturated rings. The van der Waals surface area contributed by atoms with Crippen LogP contribution in [0.4, 0.5) is 5.69 Å². The van der Waals surface area contributed by atoms with Crippen LogP contribution in [0.2, 0.25) is 0 Å². The van der Waals surface area contributed by atoms with Crippen LogP contribution in [-0.4, -0.2) is 17.5 Å². The Morgan fingerprint density at radius 1 is 1.09 bits per heavy atom. The topological polar surface area (TPSA) is 55.2 Å². The molecule has 1 N–H and O–H groups in total. The summed E-state index contributed by atoms with van der Waals surface area (Å²) in [7, 11) is 0. The molecule has 2 rings (SSSR count). The van der Waals surface area contributed by atoms with Crippen molar-refractivity contribution in [2.24, 2.45) is 0 Å². The molecule has 5 heteroatoms. The minimum absolute atomic E-state index is 0.142. The lowest BCUT2D eigenvalue weighted by Crippen LogP contribution is -2.29. The Morgan fingerprint density at radius 3 is 2.30 bits per heavy atom. The normalized spacial score (nSPS) is 12.1. The molecule has 4 nitrogen and oxygen atoms in total. The maximum absolute atomic E-state index is 10.6. The summed E-state index contributed by atoms with van der Waals surface area (Å²) in [4.78, 5) is 10.3. The molecule has 0 saturated carbocycles. The van der Waals surface area contributed by atoms with E-state index in [9.17, 15) is 10.1 Å². The second kappa shape index (κ2) is 8.79. The Morgan fingerprint density at radius 2 is 1.70 bits per heavy atom. The van der Waals surface area contributed by atoms with E-state index in [0.29, 0.717) is 6.04 Å². The molecule has 0 aliphatic carbocycles. The second-order valence-corrected chi connectivity index (χ2v) is 6.63. The van der Waals surface area contributed by atoms with Crippen molar-refractivity contribution < 1.29 is 4.92 Å². The van der Waals surface area contributed by atoms with Gasteiger partial charge in [-0.05, 0) is 56.0 Å². The molecule has 1 atom stereocenters. The average molecular weight is 377 g/mol. The number of benzene rings is 2. The highest BCUT2D eigenvalue weighted by atomic mass is 79.9. The lowest BCUT2D eigenvalue weighted by Gasteiger charge is -2.14. The summed E-state index contributed by atoms with van der Waals surface area (Å²) in [5.74, 6) is 0. The molecule has 1 unspecified atom stereocenters. The van der Waals surface area contributed by atoms with E-state index in [1.165, 1.54) is 5.56 Å². The highest BCUT2D eigenvalue weighted by Crippen LogP contribution is 2.13. The van der Waals surface area contributed by atoms with Gasteiger partial charge in [0.25, 0.3) is 5.69 Å². The molecule has 0 bridgehead atoms. The third kappa shape index (κ3) is 6.12. The summed E-state index contributed by atoms with van der Waals surface area (Å²) < 4.78 is 1.11. The second-order valence-electron chi connectivity index (χ2n) is 5.71. The zero-order valence-electron chi connectivity index (χ0n) is 13.2. The van der Waals surface area contributed by atoms with Gasteiger partial charge in [0.15, 0.2) is 0 Å². The van der Waals surface area contributed by atoms with Crippen LogP contribution >= 0.6 is 15.9 Å². The van der Waals surface area contributed by atoms with Crippen LogP contribution < -0.4 is 5.32 Å². The van der Waals surface area contributed by atoms with Gasteiger partial charge in [-0.3, -0.25) is 10.1 Å². The molecule has 0 aromatic heterocycles. The van der Waals surface area contributed by atoms with E-state index in [0.717, 1.165) is 35.8 Å². The molecular formula is C18H21BrN2O2. The number of nitrogens with one attached hydrogen (secondary N) is 1. The highest BCUT2D eigenvalue weighted by Gasteiger charge is 2.06. The van der Waals surface area contributed by atoms with Crippen molar-refractivity contribution in [3.8, 4) is 0 Å². The molecular weight excluding hydrogens is 356 g/mol. The van der Waals surface area contributed by atoms with Gasteiger partial charge in [0.2, 0.25) is 0 Å². The van der Waals surface area contributed by atoms with Crippen molar-refractivity contribution >= 4 is 21.6 Å². The van der Waals surface area contributed by atoms with Crippen molar-refractivity contribution in [2.75, 3.05) is 6.54 Å². The molecule has 2 aromatic rings. The number of non-ortho nitro benzene ring substituents is 1. The lowest BCUT2D eigenvalue weighted by molar-refractivity contribution is -0.384. The number of rotatable bonds is 8. The molecule has 0 aliphatic rings. The van der Waals surface area contributed by atoms with E-state index in [1.54, 1.807) is 12.1 Å². The molecule has 0 heterocycles. The minimum Gasteiger partial charge on any atom is -0.314 e. The Hall–Kier alpha value is -1.72. The van der Waals surface area contributed by atoms with Gasteiger partial charge in [-0.1, -0.05) is 40.2 Å². The molecule has 0 amide bonds. The monoisotopic (exact) mass is 376 g/mol. The SMILES string of the molecule is CC(Cc1ccc([N+](=O)[O-])cc1)NCCCc1ccc(Br)cc1. The first-order chi connectivity index (χ1) is 11.0. The summed E-state index contributed by atoms with van der Waals surface area (Å²) >= 11 is 3.44. The number of halogens is 1. The predicted octanol–water partition coefficient (Wildman–Crippen LogP) is 4.51. The molecule has 0 aliphatic heterocycles. The number of nitro benzene ring substituents is 1. The fourth-order valence-electron chi connectivity index (χ4n) is 2.47. The van der Waals surface area contributed by atoms with Crippen LogP contribution in [0.15, 0.2) is 53.0 Å². The van der Waals surface area contributed by atoms with Gasteiger partial charge in [-0.15, -0.1) is 0 Å². The van der Waals surface area contributed by atoms with E-state index in [4.69, 9.17) is 0 Å². The fourth-order valence-corrected chi connectivity index (χ4v) is 2.74. The van der Waals surface area contributed by atoms with E-state index < -0.39 is 0 Å². The molecule has 122 valence electrons. The van der Waals surface area contributed by atoms with E-state index in [1.807, 2.05) is 12.1 Å². The van der Waals surface area contributed by atoms with E-state index in [2.05, 4.69) is 52.4 Å². The van der Waals surface area contributed by atoms with Crippen molar-refractivity contribution in [1.29, 1.82) is 0 Å². The van der Waals surface area contributed by atoms with Gasteiger partial charge in [-0.25, -0.2) is 0 Å². The largest absolute Gasteiger partial charge is 0.314 e. The van der Waals surface area contributed by atoms with Gasteiger partial charge < -0.3 is 5.32 Å². The van der Waals surface area contributed by atoms with Crippen LogP contribution in [0.1, 0.15) is 24.5 Å². The van der Waals surface area contributed by atoms with Gasteiger partial charge in [0.05, 0.1) is 4.92 Å². The Balaban J connectivity index is 1.69. The summed E-state index contributed by atoms with van der Waals surface area (Å²) in [6.45, 7) is 3.10. The van der Waals surface area contributed by atoms with Crippen LogP contribution in [0.3, 0.4) is 0 Å². The Labute approximate surface area is 145 Å². The number of hydrogen-bond acceptors (Lipinski definition) is 3. The molecule has 0 spiro atoms. The van der Waals surface area contributed by atoms with Crippen molar-refractivity contribution in [2.45, 2.75) is 32.2 Å². The van der Waals surface area contributed by atoms with E-state index >= 15 is 0 Å².